The molecule has 0 unspecified atom stereocenters. The van der Waals surface area contributed by atoms with E-state index in [1.165, 1.54) is 32.6 Å². The van der Waals surface area contributed by atoms with Crippen molar-refractivity contribution in [1.82, 2.24) is 9.73 Å². The monoisotopic (exact) mass is 549 g/mol. The summed E-state index contributed by atoms with van der Waals surface area (Å²) in [5, 5.41) is 4.53. The number of hydrogen-bond donors (Lipinski definition) is 1. The van der Waals surface area contributed by atoms with E-state index in [-0.39, 0.29) is 21.5 Å². The molecule has 3 rings (SSSR count). The third-order valence-electron chi connectivity index (χ3n) is 5.20. The molecule has 1 N–H and O–H groups in total. The van der Waals surface area contributed by atoms with Crippen molar-refractivity contribution in [2.24, 2.45) is 5.10 Å². The van der Waals surface area contributed by atoms with Gasteiger partial charge in [-0.2, -0.15) is 9.41 Å². The molecule has 0 saturated heterocycles. The lowest BCUT2D eigenvalue weighted by atomic mass is 10.2. The van der Waals surface area contributed by atoms with Gasteiger partial charge in [-0.1, -0.05) is 47.0 Å². The van der Waals surface area contributed by atoms with E-state index in [1.54, 1.807) is 48.5 Å². The van der Waals surface area contributed by atoms with Gasteiger partial charge in [-0.15, -0.1) is 0 Å². The van der Waals surface area contributed by atoms with Crippen molar-refractivity contribution in [1.29, 1.82) is 0 Å². The van der Waals surface area contributed by atoms with Gasteiger partial charge in [0.05, 0.1) is 31.9 Å². The molecule has 0 fully saturated rings. The van der Waals surface area contributed by atoms with E-state index in [9.17, 15) is 13.2 Å². The molecular weight excluding hydrogens is 525 g/mol. The van der Waals surface area contributed by atoms with E-state index in [2.05, 4.69) is 10.5 Å². The van der Waals surface area contributed by atoms with E-state index >= 15 is 0 Å². The first-order chi connectivity index (χ1) is 17.1. The Hall–Kier alpha value is -3.11. The summed E-state index contributed by atoms with van der Waals surface area (Å²) in [5.74, 6) is 0.438. The molecule has 0 spiro atoms. The highest BCUT2D eigenvalue weighted by molar-refractivity contribution is 7.89. The van der Waals surface area contributed by atoms with E-state index in [0.717, 1.165) is 9.87 Å². The van der Waals surface area contributed by atoms with E-state index < -0.39 is 22.5 Å². The van der Waals surface area contributed by atoms with Gasteiger partial charge in [0, 0.05) is 27.7 Å². The zero-order valence-corrected chi connectivity index (χ0v) is 22.2. The third kappa shape index (κ3) is 6.76. The fourth-order valence-corrected chi connectivity index (χ4v) is 5.14. The largest absolute Gasteiger partial charge is 0.497 e. The second-order valence-electron chi connectivity index (χ2n) is 7.69. The molecule has 0 heterocycles. The van der Waals surface area contributed by atoms with Crippen LogP contribution in [0.25, 0.3) is 0 Å². The van der Waals surface area contributed by atoms with Crippen LogP contribution in [0.3, 0.4) is 0 Å². The summed E-state index contributed by atoms with van der Waals surface area (Å²) in [6.45, 7) is 1.11. The zero-order valence-electron chi connectivity index (χ0n) is 19.9. The van der Waals surface area contributed by atoms with Crippen LogP contribution in [0.5, 0.6) is 11.5 Å². The maximum absolute atomic E-state index is 13.4. The zero-order chi connectivity index (χ0) is 26.3. The van der Waals surface area contributed by atoms with Crippen LogP contribution in [0.1, 0.15) is 16.7 Å². The van der Waals surface area contributed by atoms with Gasteiger partial charge in [0.15, 0.2) is 0 Å². The number of carbonyl (C=O) groups is 1. The van der Waals surface area contributed by atoms with E-state index in [4.69, 9.17) is 32.7 Å². The lowest BCUT2D eigenvalue weighted by Crippen LogP contribution is -2.39. The van der Waals surface area contributed by atoms with Crippen molar-refractivity contribution in [3.63, 3.8) is 0 Å². The van der Waals surface area contributed by atoms with Crippen LogP contribution >= 0.6 is 23.2 Å². The van der Waals surface area contributed by atoms with Crippen molar-refractivity contribution in [3.8, 4) is 11.5 Å². The minimum absolute atomic E-state index is 0.0358. The number of halogens is 2. The molecule has 0 aliphatic rings. The second kappa shape index (κ2) is 12.2. The van der Waals surface area contributed by atoms with Gasteiger partial charge < -0.3 is 9.47 Å². The lowest BCUT2D eigenvalue weighted by molar-refractivity contribution is -0.121. The average molecular weight is 550 g/mol. The molecule has 3 aromatic carbocycles. The van der Waals surface area contributed by atoms with E-state index in [0.29, 0.717) is 22.6 Å². The van der Waals surface area contributed by atoms with Crippen LogP contribution in [0, 0.1) is 6.92 Å². The van der Waals surface area contributed by atoms with Crippen LogP contribution in [-0.4, -0.2) is 45.6 Å². The third-order valence-corrected chi connectivity index (χ3v) is 7.72. The van der Waals surface area contributed by atoms with Gasteiger partial charge in [0.25, 0.3) is 5.91 Å². The number of ether oxygens (including phenoxy) is 2. The predicted octanol–water partition coefficient (Wildman–Crippen LogP) is 4.66. The fraction of sp³-hybridized carbons (Fsp3) is 0.200. The molecule has 0 aromatic heterocycles. The Morgan fingerprint density at radius 3 is 2.31 bits per heavy atom. The molecule has 0 saturated carbocycles. The SMILES string of the molecule is COc1ccc(OC)c(/C=N\NC(=O)CN(Cc2c(Cl)cccc2Cl)S(=O)(=O)c2ccc(C)cc2)c1. The molecular formula is C25H25Cl2N3O5S. The summed E-state index contributed by atoms with van der Waals surface area (Å²) in [7, 11) is -1.04. The maximum Gasteiger partial charge on any atom is 0.255 e. The first-order valence-electron chi connectivity index (χ1n) is 10.7. The summed E-state index contributed by atoms with van der Waals surface area (Å²) < 4.78 is 38.4. The quantitative estimate of drug-likeness (QED) is 0.293. The molecule has 36 heavy (non-hydrogen) atoms. The predicted molar refractivity (Wildman–Crippen MR) is 141 cm³/mol. The van der Waals surface area contributed by atoms with Crippen LogP contribution in [0.15, 0.2) is 70.7 Å². The number of aryl methyl sites for hydroxylation is 1. The number of sulfonamides is 1. The Kier molecular flexibility index (Phi) is 9.33. The van der Waals surface area contributed by atoms with Gasteiger partial charge in [-0.25, -0.2) is 13.8 Å². The van der Waals surface area contributed by atoms with E-state index in [1.807, 2.05) is 6.92 Å². The van der Waals surface area contributed by atoms with Crippen LogP contribution in [0.4, 0.5) is 0 Å². The number of benzene rings is 3. The molecule has 190 valence electrons. The highest BCUT2D eigenvalue weighted by atomic mass is 35.5. The summed E-state index contributed by atoms with van der Waals surface area (Å²) >= 11 is 12.6. The molecule has 0 bridgehead atoms. The maximum atomic E-state index is 13.4. The number of hydrogen-bond acceptors (Lipinski definition) is 6. The van der Waals surface area contributed by atoms with Crippen molar-refractivity contribution < 1.29 is 22.7 Å². The number of rotatable bonds is 10. The minimum Gasteiger partial charge on any atom is -0.497 e. The number of nitrogens with zero attached hydrogens (tertiary/aromatic N) is 2. The summed E-state index contributed by atoms with van der Waals surface area (Å²) in [5.41, 5.74) is 4.20. The van der Waals surface area contributed by atoms with Crippen molar-refractivity contribution in [3.05, 3.63) is 87.4 Å². The second-order valence-corrected chi connectivity index (χ2v) is 10.4. The molecule has 3 aromatic rings. The molecule has 0 radical (unpaired) electrons. The number of amides is 1. The smallest absolute Gasteiger partial charge is 0.255 e. The standard InChI is InChI=1S/C25H25Cl2N3O5S/c1-17-7-10-20(11-8-17)36(32,33)30(15-21-22(26)5-4-6-23(21)27)16-25(31)29-28-14-18-13-19(34-2)9-12-24(18)35-3/h4-14H,15-16H2,1-3H3,(H,29,31)/b28-14-. The average Bonchev–Trinajstić information content (AvgIpc) is 2.85. The number of nitrogens with one attached hydrogen (secondary N) is 1. The number of carbonyl (C=O) groups excluding carboxylic acids is 1. The molecule has 0 atom stereocenters. The first-order valence-corrected chi connectivity index (χ1v) is 12.9. The molecule has 0 aliphatic heterocycles. The van der Waals surface area contributed by atoms with Crippen molar-refractivity contribution in [2.45, 2.75) is 18.4 Å². The van der Waals surface area contributed by atoms with Crippen LogP contribution < -0.4 is 14.9 Å². The molecule has 8 nitrogen and oxygen atoms in total. The number of hydrazone groups is 1. The molecule has 1 amide bonds. The van der Waals surface area contributed by atoms with Crippen molar-refractivity contribution >= 4 is 45.3 Å². The first kappa shape index (κ1) is 27.5. The van der Waals surface area contributed by atoms with Crippen LogP contribution in [0.2, 0.25) is 10.0 Å². The Bertz CT molecular complexity index is 1340. The Morgan fingerprint density at radius 1 is 1.03 bits per heavy atom. The minimum atomic E-state index is -4.07. The molecule has 11 heteroatoms. The Labute approximate surface area is 220 Å². The van der Waals surface area contributed by atoms with Gasteiger partial charge >= 0.3 is 0 Å². The lowest BCUT2D eigenvalue weighted by Gasteiger charge is -2.22. The van der Waals surface area contributed by atoms with Gasteiger partial charge in [0.2, 0.25) is 10.0 Å². The fourth-order valence-electron chi connectivity index (χ4n) is 3.25. The molecule has 0 aliphatic carbocycles. The summed E-state index contributed by atoms with van der Waals surface area (Å²) in [6, 6.07) is 16.3. The highest BCUT2D eigenvalue weighted by Gasteiger charge is 2.28. The van der Waals surface area contributed by atoms with Crippen LogP contribution in [-0.2, 0) is 21.4 Å². The van der Waals surface area contributed by atoms with Crippen molar-refractivity contribution in [2.75, 3.05) is 20.8 Å². The van der Waals surface area contributed by atoms with Gasteiger partial charge in [-0.05, 0) is 49.4 Å². The number of methoxy groups -OCH3 is 2. The Balaban J connectivity index is 1.85. The summed E-state index contributed by atoms with van der Waals surface area (Å²) in [6.07, 6.45) is 1.38. The van der Waals surface area contributed by atoms with Gasteiger partial charge in [0.1, 0.15) is 11.5 Å². The highest BCUT2D eigenvalue weighted by Crippen LogP contribution is 2.28. The topological polar surface area (TPSA) is 97.3 Å². The normalized spacial score (nSPS) is 11.6. The van der Waals surface area contributed by atoms with Gasteiger partial charge in [-0.3, -0.25) is 4.79 Å². The summed E-state index contributed by atoms with van der Waals surface area (Å²) in [4.78, 5) is 12.8. The Morgan fingerprint density at radius 2 is 1.69 bits per heavy atom.